The van der Waals surface area contributed by atoms with Crippen LogP contribution in [0.15, 0.2) is 5.34 Å². The van der Waals surface area contributed by atoms with E-state index < -0.39 is 0 Å². The van der Waals surface area contributed by atoms with E-state index in [9.17, 15) is 4.91 Å². The smallest absolute Gasteiger partial charge is 0.155 e. The maximum absolute atomic E-state index is 10.3. The maximum atomic E-state index is 10.3. The Hall–Kier alpha value is -0.600. The van der Waals surface area contributed by atoms with Crippen molar-refractivity contribution in [2.45, 2.75) is 51.6 Å². The lowest BCUT2D eigenvalue weighted by molar-refractivity contribution is -0.130. The van der Waals surface area contributed by atoms with Crippen LogP contribution < -0.4 is 0 Å². The van der Waals surface area contributed by atoms with Gasteiger partial charge in [-0.15, -0.1) is 4.91 Å². The number of rotatable bonds is 2. The molecule has 0 aromatic rings. The van der Waals surface area contributed by atoms with Crippen molar-refractivity contribution in [3.8, 4) is 0 Å². The first-order valence-corrected chi connectivity index (χ1v) is 5.64. The standard InChI is InChI=1S/C11H19NO2/c1-8-3-10-4-9(2)6-11(5-8,7-10)14-12-13/h8-10H,3-7H2,1-2H3. The third-order valence-corrected chi connectivity index (χ3v) is 3.80. The first-order valence-electron chi connectivity index (χ1n) is 5.64. The van der Waals surface area contributed by atoms with Gasteiger partial charge in [0.25, 0.3) is 0 Å². The van der Waals surface area contributed by atoms with Crippen molar-refractivity contribution in [1.29, 1.82) is 0 Å². The van der Waals surface area contributed by atoms with Crippen molar-refractivity contribution in [3.63, 3.8) is 0 Å². The van der Waals surface area contributed by atoms with E-state index in [1.165, 1.54) is 12.8 Å². The molecule has 2 fully saturated rings. The summed E-state index contributed by atoms with van der Waals surface area (Å²) in [4.78, 5) is 15.5. The quantitative estimate of drug-likeness (QED) is 0.503. The minimum Gasteiger partial charge on any atom is -0.357 e. The van der Waals surface area contributed by atoms with E-state index in [0.717, 1.165) is 25.2 Å². The van der Waals surface area contributed by atoms with Crippen LogP contribution in [-0.4, -0.2) is 5.60 Å². The van der Waals surface area contributed by atoms with Gasteiger partial charge in [-0.3, -0.25) is 0 Å². The summed E-state index contributed by atoms with van der Waals surface area (Å²) in [6, 6.07) is 0. The molecule has 2 atom stereocenters. The van der Waals surface area contributed by atoms with Crippen LogP contribution in [0.2, 0.25) is 0 Å². The van der Waals surface area contributed by atoms with Gasteiger partial charge < -0.3 is 4.84 Å². The van der Waals surface area contributed by atoms with Crippen LogP contribution in [0.1, 0.15) is 46.0 Å². The van der Waals surface area contributed by atoms with E-state index in [0.29, 0.717) is 11.8 Å². The van der Waals surface area contributed by atoms with Crippen molar-refractivity contribution in [2.24, 2.45) is 23.1 Å². The van der Waals surface area contributed by atoms with Crippen LogP contribution in [0.3, 0.4) is 0 Å². The highest BCUT2D eigenvalue weighted by Crippen LogP contribution is 2.49. The highest BCUT2D eigenvalue weighted by Gasteiger charge is 2.46. The highest BCUT2D eigenvalue weighted by molar-refractivity contribution is 4.95. The highest BCUT2D eigenvalue weighted by atomic mass is 16.7. The van der Waals surface area contributed by atoms with Gasteiger partial charge in [-0.2, -0.15) is 0 Å². The molecule has 0 aromatic heterocycles. The third kappa shape index (κ3) is 1.77. The SMILES string of the molecule is CC1CC2CC(C)CC(ON=O)(C1)C2. The van der Waals surface area contributed by atoms with Gasteiger partial charge in [-0.25, -0.2) is 0 Å². The van der Waals surface area contributed by atoms with Gasteiger partial charge in [0.2, 0.25) is 0 Å². The fourth-order valence-corrected chi connectivity index (χ4v) is 3.80. The maximum Gasteiger partial charge on any atom is 0.155 e. The Kier molecular flexibility index (Phi) is 2.50. The minimum atomic E-state index is -0.207. The zero-order valence-corrected chi connectivity index (χ0v) is 9.03. The van der Waals surface area contributed by atoms with Crippen molar-refractivity contribution < 1.29 is 4.84 Å². The zero-order chi connectivity index (χ0) is 10.2. The minimum absolute atomic E-state index is 0.207. The van der Waals surface area contributed by atoms with E-state index in [1.54, 1.807) is 0 Å². The molecule has 0 N–H and O–H groups in total. The molecular formula is C11H19NO2. The zero-order valence-electron chi connectivity index (χ0n) is 9.03. The molecule has 80 valence electrons. The molecular weight excluding hydrogens is 178 g/mol. The normalized spacial score (nSPS) is 47.1. The van der Waals surface area contributed by atoms with E-state index >= 15 is 0 Å². The second kappa shape index (κ2) is 3.52. The largest absolute Gasteiger partial charge is 0.357 e. The summed E-state index contributed by atoms with van der Waals surface area (Å²) in [5.74, 6) is 2.12. The Labute approximate surface area is 85.1 Å². The van der Waals surface area contributed by atoms with Gasteiger partial charge in [0.05, 0.1) is 0 Å². The van der Waals surface area contributed by atoms with Crippen molar-refractivity contribution >= 4 is 0 Å². The molecule has 2 unspecified atom stereocenters. The predicted molar refractivity (Wildman–Crippen MR) is 54.5 cm³/mol. The summed E-state index contributed by atoms with van der Waals surface area (Å²) in [6.07, 6.45) is 5.68. The monoisotopic (exact) mass is 197 g/mol. The first-order chi connectivity index (χ1) is 6.63. The summed E-state index contributed by atoms with van der Waals surface area (Å²) in [6.45, 7) is 4.51. The van der Waals surface area contributed by atoms with E-state index in [-0.39, 0.29) is 5.60 Å². The summed E-state index contributed by atoms with van der Waals surface area (Å²) in [7, 11) is 0. The summed E-state index contributed by atoms with van der Waals surface area (Å²) in [5, 5.41) is 2.69. The van der Waals surface area contributed by atoms with Crippen molar-refractivity contribution in [3.05, 3.63) is 4.91 Å². The third-order valence-electron chi connectivity index (χ3n) is 3.80. The molecule has 2 rings (SSSR count). The topological polar surface area (TPSA) is 38.7 Å². The second-order valence-electron chi connectivity index (χ2n) is 5.51. The van der Waals surface area contributed by atoms with Crippen LogP contribution in [0.5, 0.6) is 0 Å². The van der Waals surface area contributed by atoms with Crippen LogP contribution in [0.4, 0.5) is 0 Å². The summed E-state index contributed by atoms with van der Waals surface area (Å²) >= 11 is 0. The van der Waals surface area contributed by atoms with Crippen molar-refractivity contribution in [1.82, 2.24) is 0 Å². The fourth-order valence-electron chi connectivity index (χ4n) is 3.80. The predicted octanol–water partition coefficient (Wildman–Crippen LogP) is 3.29. The molecule has 3 nitrogen and oxygen atoms in total. The van der Waals surface area contributed by atoms with Crippen LogP contribution in [0.25, 0.3) is 0 Å². The lowest BCUT2D eigenvalue weighted by atomic mass is 9.63. The molecule has 2 aliphatic rings. The Morgan fingerprint density at radius 1 is 1.14 bits per heavy atom. The van der Waals surface area contributed by atoms with Gasteiger partial charge in [0.1, 0.15) is 5.60 Å². The molecule has 2 saturated carbocycles. The average Bonchev–Trinajstić information content (AvgIpc) is 1.99. The van der Waals surface area contributed by atoms with E-state index in [2.05, 4.69) is 19.2 Å². The second-order valence-corrected chi connectivity index (χ2v) is 5.51. The van der Waals surface area contributed by atoms with E-state index in [1.807, 2.05) is 0 Å². The molecule has 0 saturated heterocycles. The molecule has 0 amide bonds. The van der Waals surface area contributed by atoms with Crippen LogP contribution in [0, 0.1) is 22.7 Å². The van der Waals surface area contributed by atoms with Gasteiger partial charge in [-0.05, 0) is 49.9 Å². The van der Waals surface area contributed by atoms with Gasteiger partial charge in [-0.1, -0.05) is 13.8 Å². The summed E-state index contributed by atoms with van der Waals surface area (Å²) < 4.78 is 0. The molecule has 0 spiro atoms. The lowest BCUT2D eigenvalue weighted by Gasteiger charge is -2.47. The molecule has 2 aliphatic carbocycles. The number of nitrogens with zero attached hydrogens (tertiary/aromatic N) is 1. The first kappa shape index (κ1) is 9.94. The number of fused-ring (bicyclic) bond motifs is 2. The van der Waals surface area contributed by atoms with Gasteiger partial charge >= 0.3 is 0 Å². The number of hydrogen-bond acceptors (Lipinski definition) is 3. The Morgan fingerprint density at radius 2 is 1.71 bits per heavy atom. The number of hydrogen-bond donors (Lipinski definition) is 0. The van der Waals surface area contributed by atoms with Gasteiger partial charge in [0.15, 0.2) is 5.34 Å². The van der Waals surface area contributed by atoms with Crippen LogP contribution in [-0.2, 0) is 4.84 Å². The average molecular weight is 197 g/mol. The Balaban J connectivity index is 2.14. The molecule has 14 heavy (non-hydrogen) atoms. The Morgan fingerprint density at radius 3 is 2.21 bits per heavy atom. The molecule has 0 radical (unpaired) electrons. The molecule has 0 aliphatic heterocycles. The Bertz CT molecular complexity index is 210. The van der Waals surface area contributed by atoms with Gasteiger partial charge in [0, 0.05) is 0 Å². The summed E-state index contributed by atoms with van der Waals surface area (Å²) in [5.41, 5.74) is -0.207. The molecule has 3 heteroatoms. The molecule has 2 bridgehead atoms. The molecule has 0 heterocycles. The molecule has 0 aromatic carbocycles. The lowest BCUT2D eigenvalue weighted by Crippen LogP contribution is -2.45. The van der Waals surface area contributed by atoms with E-state index in [4.69, 9.17) is 4.84 Å². The van der Waals surface area contributed by atoms with Crippen LogP contribution >= 0.6 is 0 Å². The van der Waals surface area contributed by atoms with Crippen molar-refractivity contribution in [2.75, 3.05) is 0 Å². The fraction of sp³-hybridized carbons (Fsp3) is 1.00.